The number of para-hydroxylation sites is 1. The highest BCUT2D eigenvalue weighted by Gasteiger charge is 2.11. The summed E-state index contributed by atoms with van der Waals surface area (Å²) in [6.07, 6.45) is 1.61. The van der Waals surface area contributed by atoms with E-state index in [1.165, 1.54) is 0 Å². The van der Waals surface area contributed by atoms with Gasteiger partial charge in [-0.05, 0) is 62.2 Å². The minimum absolute atomic E-state index is 0.172. The van der Waals surface area contributed by atoms with Crippen molar-refractivity contribution in [2.75, 3.05) is 5.32 Å². The van der Waals surface area contributed by atoms with Crippen molar-refractivity contribution in [3.8, 4) is 0 Å². The molecule has 0 atom stereocenters. The van der Waals surface area contributed by atoms with Crippen LogP contribution in [0.25, 0.3) is 11.0 Å². The maximum atomic E-state index is 12.3. The lowest BCUT2D eigenvalue weighted by molar-refractivity contribution is 0.102. The summed E-state index contributed by atoms with van der Waals surface area (Å²) in [5.74, 6) is -0.172. The third-order valence-electron chi connectivity index (χ3n) is 2.88. The van der Waals surface area contributed by atoms with E-state index in [0.717, 1.165) is 20.0 Å². The Morgan fingerprint density at radius 2 is 1.90 bits per heavy atom. The number of halogens is 2. The fourth-order valence-electron chi connectivity index (χ4n) is 1.88. The van der Waals surface area contributed by atoms with Crippen molar-refractivity contribution in [2.45, 2.75) is 0 Å². The number of imidazole rings is 1. The first-order chi connectivity index (χ1) is 9.65. The number of hydrogen-bond acceptors (Lipinski definition) is 2. The molecule has 1 amide bonds. The van der Waals surface area contributed by atoms with Crippen molar-refractivity contribution < 1.29 is 4.79 Å². The molecule has 0 aliphatic heterocycles. The van der Waals surface area contributed by atoms with Crippen LogP contribution >= 0.6 is 31.9 Å². The molecule has 1 aromatic heterocycles. The zero-order valence-corrected chi connectivity index (χ0v) is 13.3. The summed E-state index contributed by atoms with van der Waals surface area (Å²) in [6, 6.07) is 11.0. The number of aromatic nitrogens is 2. The second-order valence-electron chi connectivity index (χ2n) is 4.19. The number of carbonyl (C=O) groups is 1. The van der Waals surface area contributed by atoms with Gasteiger partial charge in [-0.25, -0.2) is 4.98 Å². The molecule has 1 heterocycles. The van der Waals surface area contributed by atoms with Crippen LogP contribution in [-0.4, -0.2) is 15.9 Å². The molecule has 6 heteroatoms. The lowest BCUT2D eigenvalue weighted by atomic mass is 10.2. The number of benzene rings is 2. The largest absolute Gasteiger partial charge is 0.345 e. The molecule has 100 valence electrons. The molecule has 4 nitrogen and oxygen atoms in total. The van der Waals surface area contributed by atoms with Crippen molar-refractivity contribution >= 4 is 54.5 Å². The molecule has 3 rings (SSSR count). The minimum Gasteiger partial charge on any atom is -0.345 e. The maximum Gasteiger partial charge on any atom is 0.255 e. The Morgan fingerprint density at radius 3 is 2.65 bits per heavy atom. The van der Waals surface area contributed by atoms with Gasteiger partial charge in [0.05, 0.1) is 23.0 Å². The molecular weight excluding hydrogens is 386 g/mol. The van der Waals surface area contributed by atoms with Gasteiger partial charge in [-0.1, -0.05) is 6.07 Å². The van der Waals surface area contributed by atoms with Crippen molar-refractivity contribution in [1.82, 2.24) is 9.97 Å². The van der Waals surface area contributed by atoms with Gasteiger partial charge in [-0.2, -0.15) is 0 Å². The summed E-state index contributed by atoms with van der Waals surface area (Å²) in [7, 11) is 0. The number of rotatable bonds is 2. The van der Waals surface area contributed by atoms with Crippen LogP contribution in [0.2, 0.25) is 0 Å². The molecule has 0 saturated carbocycles. The molecule has 0 unspecified atom stereocenters. The van der Waals surface area contributed by atoms with Crippen LogP contribution in [0, 0.1) is 0 Å². The molecule has 2 aromatic carbocycles. The average molecular weight is 395 g/mol. The molecule has 0 radical (unpaired) electrons. The lowest BCUT2D eigenvalue weighted by Gasteiger charge is -2.09. The molecule has 20 heavy (non-hydrogen) atoms. The van der Waals surface area contributed by atoms with Gasteiger partial charge in [-0.15, -0.1) is 0 Å². The van der Waals surface area contributed by atoms with Gasteiger partial charge in [0.1, 0.15) is 0 Å². The Bertz CT molecular complexity index is 778. The van der Waals surface area contributed by atoms with E-state index in [9.17, 15) is 4.79 Å². The summed E-state index contributed by atoms with van der Waals surface area (Å²) in [5.41, 5.74) is 2.96. The first-order valence-corrected chi connectivity index (χ1v) is 7.42. The molecule has 3 aromatic rings. The number of amides is 1. The number of anilines is 1. The number of carbonyl (C=O) groups excluding carboxylic acids is 1. The van der Waals surface area contributed by atoms with Crippen LogP contribution in [0.3, 0.4) is 0 Å². The van der Waals surface area contributed by atoms with Crippen LogP contribution in [-0.2, 0) is 0 Å². The minimum atomic E-state index is -0.172. The molecule has 2 N–H and O–H groups in total. The molecule has 0 aliphatic carbocycles. The van der Waals surface area contributed by atoms with E-state index in [1.54, 1.807) is 18.5 Å². The van der Waals surface area contributed by atoms with Crippen molar-refractivity contribution in [3.63, 3.8) is 0 Å². The van der Waals surface area contributed by atoms with Crippen LogP contribution in [0.15, 0.2) is 51.7 Å². The molecule has 0 spiro atoms. The van der Waals surface area contributed by atoms with E-state index in [2.05, 4.69) is 47.1 Å². The fourth-order valence-corrected chi connectivity index (χ4v) is 3.08. The van der Waals surface area contributed by atoms with Crippen LogP contribution in [0.1, 0.15) is 10.4 Å². The van der Waals surface area contributed by atoms with Crippen molar-refractivity contribution in [3.05, 3.63) is 57.2 Å². The van der Waals surface area contributed by atoms with Crippen molar-refractivity contribution in [1.29, 1.82) is 0 Å². The first kappa shape index (κ1) is 13.3. The Balaban J connectivity index is 1.92. The lowest BCUT2D eigenvalue weighted by Crippen LogP contribution is -2.12. The summed E-state index contributed by atoms with van der Waals surface area (Å²) >= 11 is 6.84. The number of hydrogen-bond donors (Lipinski definition) is 2. The predicted octanol–water partition coefficient (Wildman–Crippen LogP) is 4.34. The Kier molecular flexibility index (Phi) is 3.58. The quantitative estimate of drug-likeness (QED) is 0.679. The number of H-pyrrole nitrogens is 1. The number of aromatic amines is 1. The topological polar surface area (TPSA) is 57.8 Å². The van der Waals surface area contributed by atoms with E-state index in [4.69, 9.17) is 0 Å². The zero-order valence-electron chi connectivity index (χ0n) is 10.2. The SMILES string of the molecule is O=C(Nc1c(Br)cccc1Br)c1ccc2nc[nH]c2c1. The van der Waals surface area contributed by atoms with Gasteiger partial charge in [0.15, 0.2) is 0 Å². The van der Waals surface area contributed by atoms with E-state index < -0.39 is 0 Å². The molecule has 0 saturated heterocycles. The van der Waals surface area contributed by atoms with Gasteiger partial charge in [0.2, 0.25) is 0 Å². The second kappa shape index (κ2) is 5.38. The van der Waals surface area contributed by atoms with E-state index in [1.807, 2.05) is 24.3 Å². The third kappa shape index (κ3) is 2.48. The van der Waals surface area contributed by atoms with Gasteiger partial charge < -0.3 is 10.3 Å². The monoisotopic (exact) mass is 393 g/mol. The zero-order chi connectivity index (χ0) is 14.1. The van der Waals surface area contributed by atoms with E-state index in [0.29, 0.717) is 11.3 Å². The van der Waals surface area contributed by atoms with E-state index >= 15 is 0 Å². The Labute approximate surface area is 131 Å². The predicted molar refractivity (Wildman–Crippen MR) is 85.9 cm³/mol. The highest BCUT2D eigenvalue weighted by molar-refractivity contribution is 9.11. The summed E-state index contributed by atoms with van der Waals surface area (Å²) in [4.78, 5) is 19.4. The third-order valence-corrected chi connectivity index (χ3v) is 4.21. The maximum absolute atomic E-state index is 12.3. The number of nitrogens with one attached hydrogen (secondary N) is 2. The summed E-state index contributed by atoms with van der Waals surface area (Å²) in [6.45, 7) is 0. The van der Waals surface area contributed by atoms with Crippen LogP contribution in [0.5, 0.6) is 0 Å². The van der Waals surface area contributed by atoms with Crippen molar-refractivity contribution in [2.24, 2.45) is 0 Å². The Morgan fingerprint density at radius 1 is 1.15 bits per heavy atom. The van der Waals surface area contributed by atoms with Crippen LogP contribution < -0.4 is 5.32 Å². The fraction of sp³-hybridized carbons (Fsp3) is 0. The summed E-state index contributed by atoms with van der Waals surface area (Å²) < 4.78 is 1.64. The van der Waals surface area contributed by atoms with Crippen LogP contribution in [0.4, 0.5) is 5.69 Å². The second-order valence-corrected chi connectivity index (χ2v) is 5.89. The smallest absolute Gasteiger partial charge is 0.255 e. The van der Waals surface area contributed by atoms with E-state index in [-0.39, 0.29) is 5.91 Å². The summed E-state index contributed by atoms with van der Waals surface area (Å²) in [5, 5.41) is 2.88. The Hall–Kier alpha value is -1.66. The first-order valence-electron chi connectivity index (χ1n) is 5.83. The molecule has 0 bridgehead atoms. The highest BCUT2D eigenvalue weighted by atomic mass is 79.9. The normalized spacial score (nSPS) is 10.7. The standard InChI is InChI=1S/C14H9Br2N3O/c15-9-2-1-3-10(16)13(9)19-14(20)8-4-5-11-12(6-8)18-7-17-11/h1-7H,(H,17,18)(H,19,20). The van der Waals surface area contributed by atoms with Gasteiger partial charge >= 0.3 is 0 Å². The highest BCUT2D eigenvalue weighted by Crippen LogP contribution is 2.31. The number of nitrogens with zero attached hydrogens (tertiary/aromatic N) is 1. The van der Waals surface area contributed by atoms with Gasteiger partial charge in [0, 0.05) is 14.5 Å². The molecule has 0 fully saturated rings. The number of fused-ring (bicyclic) bond motifs is 1. The molecule has 0 aliphatic rings. The van der Waals surface area contributed by atoms with Gasteiger partial charge in [0.25, 0.3) is 5.91 Å². The molecular formula is C14H9Br2N3O. The average Bonchev–Trinajstić information content (AvgIpc) is 2.90. The van der Waals surface area contributed by atoms with Gasteiger partial charge in [-0.3, -0.25) is 4.79 Å².